The number of rotatable bonds is 3. The second kappa shape index (κ2) is 4.43. The Bertz CT molecular complexity index is 467. The van der Waals surface area contributed by atoms with Crippen molar-refractivity contribution in [2.24, 2.45) is 0 Å². The zero-order valence-electron chi connectivity index (χ0n) is 8.81. The molecule has 0 amide bonds. The monoisotopic (exact) mass is 310 g/mol. The predicted molar refractivity (Wildman–Crippen MR) is 63.5 cm³/mol. The molecule has 0 aliphatic rings. The normalized spacial score (nSPS) is 17.8. The molecule has 0 bridgehead atoms. The van der Waals surface area contributed by atoms with Crippen LogP contribution in [0.2, 0.25) is 0 Å². The lowest BCUT2D eigenvalue weighted by molar-refractivity contribution is 0.168. The van der Waals surface area contributed by atoms with Gasteiger partial charge in [-0.1, -0.05) is 28.1 Å². The number of alkyl halides is 1. The van der Waals surface area contributed by atoms with Crippen molar-refractivity contribution in [1.29, 1.82) is 0 Å². The fraction of sp³-hybridized carbons (Fsp3) is 0.400. The summed E-state index contributed by atoms with van der Waals surface area (Å²) in [6.45, 7) is 1.36. The molecular formula is C10H12BrFO3S. The van der Waals surface area contributed by atoms with E-state index in [1.54, 1.807) is 0 Å². The molecule has 0 fully saturated rings. The highest BCUT2D eigenvalue weighted by atomic mass is 79.9. The van der Waals surface area contributed by atoms with E-state index in [2.05, 4.69) is 15.9 Å². The molecule has 0 saturated carbocycles. The lowest BCUT2D eigenvalue weighted by Gasteiger charge is -2.26. The quantitative estimate of drug-likeness (QED) is 0.869. The Balaban J connectivity index is 3.12. The van der Waals surface area contributed by atoms with E-state index in [0.717, 1.165) is 6.26 Å². The Hall–Kier alpha value is -0.460. The summed E-state index contributed by atoms with van der Waals surface area (Å²) < 4.78 is 34.1. The van der Waals surface area contributed by atoms with Crippen molar-refractivity contribution >= 4 is 25.8 Å². The molecule has 1 rings (SSSR count). The molecule has 0 unspecified atom stereocenters. The summed E-state index contributed by atoms with van der Waals surface area (Å²) in [5, 5.41) is 9.93. The van der Waals surface area contributed by atoms with Gasteiger partial charge < -0.3 is 5.11 Å². The van der Waals surface area contributed by atoms with Crippen molar-refractivity contribution in [2.45, 2.75) is 16.7 Å². The van der Waals surface area contributed by atoms with E-state index in [1.165, 1.54) is 31.2 Å². The van der Waals surface area contributed by atoms with Crippen molar-refractivity contribution in [3.05, 3.63) is 35.6 Å². The van der Waals surface area contributed by atoms with Gasteiger partial charge in [-0.3, -0.25) is 0 Å². The lowest BCUT2D eigenvalue weighted by atomic mass is 10.1. The third-order valence-electron chi connectivity index (χ3n) is 2.40. The first-order chi connectivity index (χ1) is 7.16. The van der Waals surface area contributed by atoms with Crippen LogP contribution < -0.4 is 0 Å². The van der Waals surface area contributed by atoms with Crippen LogP contribution >= 0.6 is 15.9 Å². The highest BCUT2D eigenvalue weighted by Crippen LogP contribution is 2.37. The van der Waals surface area contributed by atoms with Crippen LogP contribution in [-0.4, -0.2) is 23.4 Å². The van der Waals surface area contributed by atoms with Crippen molar-refractivity contribution in [2.75, 3.05) is 6.26 Å². The van der Waals surface area contributed by atoms with Gasteiger partial charge in [-0.05, 0) is 24.6 Å². The number of halogens is 2. The fourth-order valence-electron chi connectivity index (χ4n) is 1.15. The minimum absolute atomic E-state index is 0.339. The summed E-state index contributed by atoms with van der Waals surface area (Å²) in [5.74, 6) is -0.438. The maximum atomic E-state index is 12.7. The van der Waals surface area contributed by atoms with Gasteiger partial charge in [-0.15, -0.1) is 0 Å². The predicted octanol–water partition coefficient (Wildman–Crippen LogP) is 2.01. The zero-order chi connectivity index (χ0) is 12.6. The minimum atomic E-state index is -3.49. The lowest BCUT2D eigenvalue weighted by Crippen LogP contribution is -2.34. The van der Waals surface area contributed by atoms with Crippen molar-refractivity contribution < 1.29 is 17.9 Å². The molecule has 90 valence electrons. The molecular weight excluding hydrogens is 299 g/mol. The third kappa shape index (κ3) is 2.61. The van der Waals surface area contributed by atoms with Gasteiger partial charge in [0.15, 0.2) is 13.5 Å². The van der Waals surface area contributed by atoms with Crippen LogP contribution in [0.15, 0.2) is 24.3 Å². The summed E-state index contributed by atoms with van der Waals surface area (Å²) in [4.78, 5) is 0. The molecule has 3 nitrogen and oxygen atoms in total. The molecule has 2 atom stereocenters. The molecule has 0 saturated heterocycles. The van der Waals surface area contributed by atoms with Gasteiger partial charge >= 0.3 is 0 Å². The second-order valence-electron chi connectivity index (χ2n) is 3.71. The molecule has 0 radical (unpaired) electrons. The molecule has 0 spiro atoms. The van der Waals surface area contributed by atoms with Crippen LogP contribution in [0.4, 0.5) is 4.39 Å². The smallest absolute Gasteiger partial charge is 0.165 e. The van der Waals surface area contributed by atoms with Crippen molar-refractivity contribution in [3.63, 3.8) is 0 Å². The first-order valence-electron chi connectivity index (χ1n) is 4.48. The Kier molecular flexibility index (Phi) is 3.76. The molecule has 0 aromatic heterocycles. The molecule has 0 heterocycles. The van der Waals surface area contributed by atoms with Gasteiger partial charge in [-0.25, -0.2) is 12.8 Å². The van der Waals surface area contributed by atoms with E-state index >= 15 is 0 Å². The van der Waals surface area contributed by atoms with E-state index in [1.807, 2.05) is 0 Å². The Morgan fingerprint density at radius 2 is 1.81 bits per heavy atom. The number of hydrogen-bond acceptors (Lipinski definition) is 3. The number of aliphatic hydroxyl groups excluding tert-OH is 1. The Labute approximate surface area is 102 Å². The number of aliphatic hydroxyl groups is 1. The SMILES string of the molecule is C[C@@](Br)([C@H](O)c1ccc(F)cc1)S(C)(=O)=O. The maximum Gasteiger partial charge on any atom is 0.165 e. The number of sulfone groups is 1. The summed E-state index contributed by atoms with van der Waals surface area (Å²) >= 11 is 2.99. The first kappa shape index (κ1) is 13.6. The molecule has 6 heteroatoms. The van der Waals surface area contributed by atoms with Crippen molar-refractivity contribution in [3.8, 4) is 0 Å². The summed E-state index contributed by atoms with van der Waals surface area (Å²) in [7, 11) is -3.49. The van der Waals surface area contributed by atoms with Crippen LogP contribution in [0.25, 0.3) is 0 Å². The van der Waals surface area contributed by atoms with Crippen molar-refractivity contribution in [1.82, 2.24) is 0 Å². The van der Waals surface area contributed by atoms with E-state index in [9.17, 15) is 17.9 Å². The summed E-state index contributed by atoms with van der Waals surface area (Å²) in [6, 6.07) is 5.04. The highest BCUT2D eigenvalue weighted by Gasteiger charge is 2.41. The van der Waals surface area contributed by atoms with Gasteiger partial charge in [0.2, 0.25) is 0 Å². The van der Waals surface area contributed by atoms with Crippen LogP contribution in [0, 0.1) is 5.82 Å². The second-order valence-corrected chi connectivity index (χ2v) is 8.28. The molecule has 0 aliphatic heterocycles. The summed E-state index contributed by atoms with van der Waals surface area (Å²) in [5.41, 5.74) is 0.339. The van der Waals surface area contributed by atoms with Crippen LogP contribution in [-0.2, 0) is 9.84 Å². The third-order valence-corrected chi connectivity index (χ3v) is 6.27. The van der Waals surface area contributed by atoms with E-state index in [-0.39, 0.29) is 0 Å². The molecule has 0 aliphatic carbocycles. The topological polar surface area (TPSA) is 54.4 Å². The van der Waals surface area contributed by atoms with Gasteiger partial charge in [0.05, 0.1) is 0 Å². The van der Waals surface area contributed by atoms with Gasteiger partial charge in [0.1, 0.15) is 11.9 Å². The van der Waals surface area contributed by atoms with Gasteiger partial charge in [0.25, 0.3) is 0 Å². The number of hydrogen-bond donors (Lipinski definition) is 1. The van der Waals surface area contributed by atoms with E-state index in [4.69, 9.17) is 0 Å². The Morgan fingerprint density at radius 1 is 1.38 bits per heavy atom. The van der Waals surface area contributed by atoms with Gasteiger partial charge in [0, 0.05) is 6.26 Å². The van der Waals surface area contributed by atoms with E-state index < -0.39 is 25.4 Å². The Morgan fingerprint density at radius 3 is 2.19 bits per heavy atom. The molecule has 1 N–H and O–H groups in total. The molecule has 16 heavy (non-hydrogen) atoms. The first-order valence-corrected chi connectivity index (χ1v) is 7.16. The van der Waals surface area contributed by atoms with Gasteiger partial charge in [-0.2, -0.15) is 0 Å². The zero-order valence-corrected chi connectivity index (χ0v) is 11.2. The van der Waals surface area contributed by atoms with Crippen LogP contribution in [0.5, 0.6) is 0 Å². The van der Waals surface area contributed by atoms with Crippen LogP contribution in [0.1, 0.15) is 18.6 Å². The van der Waals surface area contributed by atoms with E-state index in [0.29, 0.717) is 5.56 Å². The maximum absolute atomic E-state index is 12.7. The fourth-order valence-corrected chi connectivity index (χ4v) is 1.95. The minimum Gasteiger partial charge on any atom is -0.386 e. The molecule has 1 aromatic rings. The number of benzene rings is 1. The standard InChI is InChI=1S/C10H12BrFO3S/c1-10(11,16(2,14)15)9(13)7-3-5-8(12)6-4-7/h3-6,9,13H,1-2H3/t9-,10+/m1/s1. The highest BCUT2D eigenvalue weighted by molar-refractivity contribution is 9.11. The molecule has 1 aromatic carbocycles. The largest absolute Gasteiger partial charge is 0.386 e. The average molecular weight is 311 g/mol. The summed E-state index contributed by atoms with van der Waals surface area (Å²) in [6.07, 6.45) is -0.239. The average Bonchev–Trinajstić information content (AvgIpc) is 2.16. The van der Waals surface area contributed by atoms with Crippen LogP contribution in [0.3, 0.4) is 0 Å².